The van der Waals surface area contributed by atoms with Crippen LogP contribution in [0, 0.1) is 37.3 Å². The highest BCUT2D eigenvalue weighted by Crippen LogP contribution is 2.43. The van der Waals surface area contributed by atoms with Crippen LogP contribution in [-0.2, 0) is 6.54 Å². The molecule has 0 bridgehead atoms. The van der Waals surface area contributed by atoms with Gasteiger partial charge in [0.05, 0.1) is 26.9 Å². The Kier molecular flexibility index (Phi) is 4.83. The Balaban J connectivity index is 2.69. The average molecular weight is 372 g/mol. The van der Waals surface area contributed by atoms with E-state index in [1.807, 2.05) is 0 Å². The van der Waals surface area contributed by atoms with E-state index >= 15 is 0 Å². The third-order valence-electron chi connectivity index (χ3n) is 3.22. The van der Waals surface area contributed by atoms with E-state index in [-0.39, 0.29) is 11.0 Å². The molecule has 2 rings (SSSR count). The second-order valence-electron chi connectivity index (χ2n) is 4.69. The van der Waals surface area contributed by atoms with Gasteiger partial charge in [0.15, 0.2) is 5.15 Å². The summed E-state index contributed by atoms with van der Waals surface area (Å²) >= 11 is 6.05. The number of aromatic nitrogens is 2. The van der Waals surface area contributed by atoms with Gasteiger partial charge in [-0.05, 0) is 13.8 Å². The number of hydrogen-bond donors (Lipinski definition) is 0. The van der Waals surface area contributed by atoms with Crippen molar-refractivity contribution >= 4 is 28.7 Å². The molecule has 0 aliphatic carbocycles. The summed E-state index contributed by atoms with van der Waals surface area (Å²) < 4.78 is 6.74. The molecule has 0 atom stereocenters. The Hall–Kier alpha value is -3.28. The molecule has 13 heteroatoms. The second kappa shape index (κ2) is 6.68. The van der Waals surface area contributed by atoms with E-state index in [1.165, 1.54) is 4.57 Å². The van der Waals surface area contributed by atoms with E-state index in [9.17, 15) is 30.3 Å². The van der Waals surface area contributed by atoms with Crippen LogP contribution in [0.5, 0.6) is 11.6 Å². The SMILES string of the molecule is CCn1c(C)nc(Oc2c([N+](=O)[O-])cc([N+](=O)[O-])cc2[N+](=O)[O-])c1Cl. The average Bonchev–Trinajstić information content (AvgIpc) is 2.80. The predicted octanol–water partition coefficient (Wildman–Crippen LogP) is 3.38. The smallest absolute Gasteiger partial charge is 0.325 e. The van der Waals surface area contributed by atoms with Crippen LogP contribution >= 0.6 is 11.6 Å². The largest absolute Gasteiger partial charge is 0.422 e. The minimum Gasteiger partial charge on any atom is -0.422 e. The van der Waals surface area contributed by atoms with Gasteiger partial charge < -0.3 is 9.30 Å². The predicted molar refractivity (Wildman–Crippen MR) is 84.1 cm³/mol. The minimum atomic E-state index is -1.02. The van der Waals surface area contributed by atoms with Crippen LogP contribution in [0.1, 0.15) is 12.7 Å². The van der Waals surface area contributed by atoms with Crippen LogP contribution in [0.2, 0.25) is 5.15 Å². The molecule has 2 aromatic rings. The van der Waals surface area contributed by atoms with Gasteiger partial charge in [0.2, 0.25) is 0 Å². The molecule has 0 aliphatic rings. The van der Waals surface area contributed by atoms with Crippen molar-refractivity contribution in [3.05, 3.63) is 53.5 Å². The number of nitrogens with zero attached hydrogens (tertiary/aromatic N) is 5. The number of halogens is 1. The number of rotatable bonds is 6. The van der Waals surface area contributed by atoms with Crippen molar-refractivity contribution in [3.8, 4) is 11.6 Å². The van der Waals surface area contributed by atoms with Crippen molar-refractivity contribution in [2.45, 2.75) is 20.4 Å². The topological polar surface area (TPSA) is 156 Å². The first-order chi connectivity index (χ1) is 11.7. The second-order valence-corrected chi connectivity index (χ2v) is 5.04. The summed E-state index contributed by atoms with van der Waals surface area (Å²) in [6, 6.07) is 1.14. The Bertz CT molecular complexity index is 859. The quantitative estimate of drug-likeness (QED) is 0.552. The van der Waals surface area contributed by atoms with Gasteiger partial charge in [0.25, 0.3) is 17.3 Å². The molecule has 25 heavy (non-hydrogen) atoms. The lowest BCUT2D eigenvalue weighted by molar-refractivity contribution is -0.404. The van der Waals surface area contributed by atoms with E-state index in [0.29, 0.717) is 24.5 Å². The first-order valence-electron chi connectivity index (χ1n) is 6.69. The molecule has 0 spiro atoms. The fourth-order valence-corrected chi connectivity index (χ4v) is 2.43. The molecule has 0 saturated heterocycles. The number of imidazole rings is 1. The number of non-ortho nitro benzene ring substituents is 1. The van der Waals surface area contributed by atoms with Crippen LogP contribution in [0.4, 0.5) is 17.1 Å². The fourth-order valence-electron chi connectivity index (χ4n) is 2.11. The Labute approximate surface area is 144 Å². The van der Waals surface area contributed by atoms with Crippen molar-refractivity contribution in [1.82, 2.24) is 9.55 Å². The van der Waals surface area contributed by atoms with Gasteiger partial charge in [0, 0.05) is 6.54 Å². The van der Waals surface area contributed by atoms with Crippen molar-refractivity contribution in [2.24, 2.45) is 0 Å². The zero-order valence-corrected chi connectivity index (χ0v) is 13.6. The molecule has 1 aromatic carbocycles. The van der Waals surface area contributed by atoms with E-state index in [0.717, 1.165) is 0 Å². The third-order valence-corrected chi connectivity index (χ3v) is 3.59. The molecule has 132 valence electrons. The van der Waals surface area contributed by atoms with E-state index in [2.05, 4.69) is 4.98 Å². The van der Waals surface area contributed by atoms with Crippen molar-refractivity contribution in [3.63, 3.8) is 0 Å². The number of ether oxygens (including phenoxy) is 1. The Morgan fingerprint density at radius 3 is 2.00 bits per heavy atom. The molecule has 0 N–H and O–H groups in total. The van der Waals surface area contributed by atoms with Gasteiger partial charge in [-0.1, -0.05) is 11.6 Å². The van der Waals surface area contributed by atoms with Gasteiger partial charge in [-0.2, -0.15) is 4.98 Å². The Morgan fingerprint density at radius 2 is 1.64 bits per heavy atom. The van der Waals surface area contributed by atoms with Gasteiger partial charge in [-0.3, -0.25) is 30.3 Å². The molecule has 0 unspecified atom stereocenters. The van der Waals surface area contributed by atoms with Gasteiger partial charge in [-0.25, -0.2) is 0 Å². The van der Waals surface area contributed by atoms with Crippen LogP contribution in [-0.4, -0.2) is 24.3 Å². The maximum atomic E-state index is 11.2. The molecule has 0 aliphatic heterocycles. The van der Waals surface area contributed by atoms with Crippen molar-refractivity contribution < 1.29 is 19.5 Å². The first-order valence-corrected chi connectivity index (χ1v) is 7.06. The molecule has 1 heterocycles. The summed E-state index contributed by atoms with van der Waals surface area (Å²) in [5.74, 6) is -0.640. The summed E-state index contributed by atoms with van der Waals surface area (Å²) in [7, 11) is 0. The molecule has 1 aromatic heterocycles. The molecule has 0 fully saturated rings. The van der Waals surface area contributed by atoms with E-state index < -0.39 is 37.6 Å². The fraction of sp³-hybridized carbons (Fsp3) is 0.250. The summed E-state index contributed by atoms with van der Waals surface area (Å²) in [6.07, 6.45) is 0. The monoisotopic (exact) mass is 371 g/mol. The summed E-state index contributed by atoms with van der Waals surface area (Å²) in [5.41, 5.74) is -2.70. The molecular formula is C12H10ClN5O7. The van der Waals surface area contributed by atoms with Crippen LogP contribution < -0.4 is 4.74 Å². The Morgan fingerprint density at radius 1 is 1.12 bits per heavy atom. The maximum Gasteiger partial charge on any atom is 0.325 e. The summed E-state index contributed by atoms with van der Waals surface area (Å²) in [6.45, 7) is 3.79. The molecule has 0 amide bonds. The number of hydrogen-bond acceptors (Lipinski definition) is 8. The highest BCUT2D eigenvalue weighted by Gasteiger charge is 2.33. The normalized spacial score (nSPS) is 10.5. The lowest BCUT2D eigenvalue weighted by Gasteiger charge is -2.05. The van der Waals surface area contributed by atoms with Gasteiger partial charge >= 0.3 is 11.4 Å². The van der Waals surface area contributed by atoms with E-state index in [4.69, 9.17) is 16.3 Å². The highest BCUT2D eigenvalue weighted by atomic mass is 35.5. The number of nitro benzene ring substituents is 3. The maximum absolute atomic E-state index is 11.2. The molecule has 0 radical (unpaired) electrons. The lowest BCUT2D eigenvalue weighted by atomic mass is 10.2. The number of nitro groups is 3. The first kappa shape index (κ1) is 18.1. The van der Waals surface area contributed by atoms with Crippen LogP contribution in [0.25, 0.3) is 0 Å². The molecule has 12 nitrogen and oxygen atoms in total. The molecule has 0 saturated carbocycles. The van der Waals surface area contributed by atoms with E-state index in [1.54, 1.807) is 13.8 Å². The number of aryl methyl sites for hydroxylation is 1. The standard InChI is InChI=1S/C12H10ClN5O7/c1-3-15-6(2)14-12(11(15)13)25-10-8(17(21)22)4-7(16(19)20)5-9(10)18(23)24/h4-5H,3H2,1-2H3. The zero-order valence-electron chi connectivity index (χ0n) is 12.8. The summed E-state index contributed by atoms with van der Waals surface area (Å²) in [4.78, 5) is 34.2. The molecular weight excluding hydrogens is 362 g/mol. The third kappa shape index (κ3) is 3.33. The van der Waals surface area contributed by atoms with Gasteiger partial charge in [-0.15, -0.1) is 0 Å². The summed E-state index contributed by atoms with van der Waals surface area (Å²) in [5, 5.41) is 33.2. The minimum absolute atomic E-state index is 0.0121. The zero-order chi connectivity index (χ0) is 18.9. The van der Waals surface area contributed by atoms with Gasteiger partial charge in [0.1, 0.15) is 5.82 Å². The number of benzene rings is 1. The van der Waals surface area contributed by atoms with Crippen molar-refractivity contribution in [1.29, 1.82) is 0 Å². The van der Waals surface area contributed by atoms with Crippen LogP contribution in [0.3, 0.4) is 0 Å². The van der Waals surface area contributed by atoms with Crippen LogP contribution in [0.15, 0.2) is 12.1 Å². The lowest BCUT2D eigenvalue weighted by Crippen LogP contribution is -2.01. The van der Waals surface area contributed by atoms with Crippen molar-refractivity contribution in [2.75, 3.05) is 0 Å². The highest BCUT2D eigenvalue weighted by molar-refractivity contribution is 6.31.